The molecule has 0 saturated carbocycles. The number of nitrogens with zero attached hydrogens (tertiary/aromatic N) is 1. The topological polar surface area (TPSA) is 66.6 Å². The summed E-state index contributed by atoms with van der Waals surface area (Å²) in [5.41, 5.74) is 6.55. The van der Waals surface area contributed by atoms with Gasteiger partial charge in [0.15, 0.2) is 0 Å². The van der Waals surface area contributed by atoms with Gasteiger partial charge in [0.05, 0.1) is 26.0 Å². The Morgan fingerprint density at radius 2 is 2.44 bits per heavy atom. The first-order valence-electron chi connectivity index (χ1n) is 5.35. The van der Waals surface area contributed by atoms with E-state index in [1.807, 2.05) is 6.07 Å². The van der Waals surface area contributed by atoms with Crippen molar-refractivity contribution < 1.29 is 14.2 Å². The van der Waals surface area contributed by atoms with Crippen LogP contribution < -0.4 is 10.5 Å². The van der Waals surface area contributed by atoms with Gasteiger partial charge in [-0.1, -0.05) is 0 Å². The molecule has 0 bridgehead atoms. The molecule has 0 radical (unpaired) electrons. The minimum atomic E-state index is -0.000388. The summed E-state index contributed by atoms with van der Waals surface area (Å²) >= 11 is 0. The zero-order valence-electron chi connectivity index (χ0n) is 9.09. The zero-order chi connectivity index (χ0) is 11.2. The molecule has 1 saturated heterocycles. The second kappa shape index (κ2) is 5.79. The van der Waals surface area contributed by atoms with Crippen molar-refractivity contribution in [1.29, 1.82) is 0 Å². The summed E-state index contributed by atoms with van der Waals surface area (Å²) in [5, 5.41) is 0. The highest BCUT2D eigenvalue weighted by Crippen LogP contribution is 2.16. The van der Waals surface area contributed by atoms with Crippen molar-refractivity contribution >= 4 is 0 Å². The lowest BCUT2D eigenvalue weighted by molar-refractivity contribution is -0.101. The van der Waals surface area contributed by atoms with E-state index in [9.17, 15) is 0 Å². The molecule has 1 fully saturated rings. The molecule has 0 aliphatic carbocycles. The highest BCUT2D eigenvalue weighted by atomic mass is 16.6. The van der Waals surface area contributed by atoms with E-state index >= 15 is 0 Å². The summed E-state index contributed by atoms with van der Waals surface area (Å²) in [6.07, 6.45) is 3.38. The van der Waals surface area contributed by atoms with E-state index in [4.69, 9.17) is 19.9 Å². The van der Waals surface area contributed by atoms with Crippen molar-refractivity contribution in [2.45, 2.75) is 12.6 Å². The molecule has 5 nitrogen and oxygen atoms in total. The van der Waals surface area contributed by atoms with Gasteiger partial charge in [0.25, 0.3) is 0 Å². The van der Waals surface area contributed by atoms with Crippen LogP contribution in [0.1, 0.15) is 5.56 Å². The second-order valence-corrected chi connectivity index (χ2v) is 3.57. The molecule has 2 heterocycles. The summed E-state index contributed by atoms with van der Waals surface area (Å²) in [5.74, 6) is 0.721. The number of nitrogens with two attached hydrogens (primary N) is 1. The summed E-state index contributed by atoms with van der Waals surface area (Å²) in [7, 11) is 0. The van der Waals surface area contributed by atoms with Crippen LogP contribution in [0.3, 0.4) is 0 Å². The van der Waals surface area contributed by atoms with Gasteiger partial charge in [0, 0.05) is 18.3 Å². The third-order valence-electron chi connectivity index (χ3n) is 2.40. The fourth-order valence-electron chi connectivity index (χ4n) is 1.52. The summed E-state index contributed by atoms with van der Waals surface area (Å²) in [6.45, 7) is 2.79. The van der Waals surface area contributed by atoms with Crippen molar-refractivity contribution in [1.82, 2.24) is 4.98 Å². The van der Waals surface area contributed by atoms with Gasteiger partial charge in [-0.3, -0.25) is 4.98 Å². The molecule has 1 aromatic rings. The Hall–Kier alpha value is -1.17. The van der Waals surface area contributed by atoms with Gasteiger partial charge < -0.3 is 19.9 Å². The number of ether oxygens (including phenoxy) is 3. The van der Waals surface area contributed by atoms with E-state index in [2.05, 4.69) is 4.98 Å². The van der Waals surface area contributed by atoms with Crippen LogP contribution in [0.15, 0.2) is 18.5 Å². The lowest BCUT2D eigenvalue weighted by atomic mass is 10.2. The number of hydrogen-bond donors (Lipinski definition) is 1. The van der Waals surface area contributed by atoms with E-state index in [1.165, 1.54) is 0 Å². The smallest absolute Gasteiger partial charge is 0.142 e. The number of hydrogen-bond acceptors (Lipinski definition) is 5. The van der Waals surface area contributed by atoms with Crippen LogP contribution in [0.4, 0.5) is 0 Å². The average molecular weight is 224 g/mol. The largest absolute Gasteiger partial charge is 0.489 e. The third-order valence-corrected chi connectivity index (χ3v) is 2.40. The quantitative estimate of drug-likeness (QED) is 0.798. The molecule has 0 amide bonds. The molecule has 16 heavy (non-hydrogen) atoms. The second-order valence-electron chi connectivity index (χ2n) is 3.57. The van der Waals surface area contributed by atoms with Gasteiger partial charge in [0.2, 0.25) is 0 Å². The molecule has 0 unspecified atom stereocenters. The Morgan fingerprint density at radius 1 is 1.50 bits per heavy atom. The fourth-order valence-corrected chi connectivity index (χ4v) is 1.52. The highest BCUT2D eigenvalue weighted by Gasteiger charge is 2.15. The molecule has 1 aliphatic heterocycles. The van der Waals surface area contributed by atoms with Gasteiger partial charge in [-0.2, -0.15) is 0 Å². The van der Waals surface area contributed by atoms with Gasteiger partial charge in [-0.15, -0.1) is 0 Å². The first-order valence-corrected chi connectivity index (χ1v) is 5.35. The van der Waals surface area contributed by atoms with E-state index < -0.39 is 0 Å². The van der Waals surface area contributed by atoms with Crippen LogP contribution in [0.25, 0.3) is 0 Å². The van der Waals surface area contributed by atoms with Crippen molar-refractivity contribution in [3.63, 3.8) is 0 Å². The molecule has 5 heteroatoms. The highest BCUT2D eigenvalue weighted by molar-refractivity contribution is 5.29. The van der Waals surface area contributed by atoms with Crippen molar-refractivity contribution in [3.05, 3.63) is 24.0 Å². The third kappa shape index (κ3) is 2.91. The van der Waals surface area contributed by atoms with E-state index in [-0.39, 0.29) is 6.10 Å². The summed E-state index contributed by atoms with van der Waals surface area (Å²) in [4.78, 5) is 4.00. The molecule has 2 N–H and O–H groups in total. The van der Waals surface area contributed by atoms with Crippen molar-refractivity contribution in [3.8, 4) is 5.75 Å². The monoisotopic (exact) mass is 224 g/mol. The molecule has 88 valence electrons. The SMILES string of the molecule is NCc1ccncc1OC[C@@H]1COCCO1. The number of rotatable bonds is 4. The molecule has 1 aliphatic rings. The Morgan fingerprint density at radius 3 is 3.19 bits per heavy atom. The maximum Gasteiger partial charge on any atom is 0.142 e. The van der Waals surface area contributed by atoms with Gasteiger partial charge >= 0.3 is 0 Å². The minimum Gasteiger partial charge on any atom is -0.489 e. The number of pyridine rings is 1. The molecule has 0 spiro atoms. The predicted octanol–water partition coefficient (Wildman–Crippen LogP) is 0.334. The molecular weight excluding hydrogens is 208 g/mol. The van der Waals surface area contributed by atoms with E-state index in [1.54, 1.807) is 12.4 Å². The summed E-state index contributed by atoms with van der Waals surface area (Å²) < 4.78 is 16.4. The Kier molecular flexibility index (Phi) is 4.10. The molecular formula is C11H16N2O3. The normalized spacial score (nSPS) is 20.7. The van der Waals surface area contributed by atoms with Crippen LogP contribution in [-0.4, -0.2) is 37.5 Å². The van der Waals surface area contributed by atoms with Crippen LogP contribution in [-0.2, 0) is 16.0 Å². The minimum absolute atomic E-state index is 0.000388. The first-order chi connectivity index (χ1) is 7.90. The lowest BCUT2D eigenvalue weighted by Gasteiger charge is -2.23. The van der Waals surface area contributed by atoms with Crippen molar-refractivity contribution in [2.24, 2.45) is 5.73 Å². The molecule has 0 aromatic carbocycles. The maximum atomic E-state index is 5.62. The molecule has 1 atom stereocenters. The average Bonchev–Trinajstić information content (AvgIpc) is 2.38. The van der Waals surface area contributed by atoms with Gasteiger partial charge in [0.1, 0.15) is 18.5 Å². The van der Waals surface area contributed by atoms with E-state index in [0.29, 0.717) is 33.0 Å². The number of aromatic nitrogens is 1. The van der Waals surface area contributed by atoms with Crippen LogP contribution in [0, 0.1) is 0 Å². The lowest BCUT2D eigenvalue weighted by Crippen LogP contribution is -2.33. The first kappa shape index (κ1) is 11.3. The summed E-state index contributed by atoms with van der Waals surface area (Å²) in [6, 6.07) is 1.85. The molecule has 1 aromatic heterocycles. The van der Waals surface area contributed by atoms with E-state index in [0.717, 1.165) is 11.3 Å². The van der Waals surface area contributed by atoms with Gasteiger partial charge in [-0.05, 0) is 6.07 Å². The Labute approximate surface area is 94.5 Å². The van der Waals surface area contributed by atoms with Crippen LogP contribution in [0.5, 0.6) is 5.75 Å². The van der Waals surface area contributed by atoms with Crippen LogP contribution in [0.2, 0.25) is 0 Å². The Bertz CT molecular complexity index is 327. The predicted molar refractivity (Wildman–Crippen MR) is 58.2 cm³/mol. The van der Waals surface area contributed by atoms with Gasteiger partial charge in [-0.25, -0.2) is 0 Å². The maximum absolute atomic E-state index is 5.62. The fraction of sp³-hybridized carbons (Fsp3) is 0.545. The van der Waals surface area contributed by atoms with Crippen molar-refractivity contribution in [2.75, 3.05) is 26.4 Å². The van der Waals surface area contributed by atoms with Crippen LogP contribution >= 0.6 is 0 Å². The Balaban J connectivity index is 1.88. The standard InChI is InChI=1S/C11H16N2O3/c12-5-9-1-2-13-6-11(9)16-8-10-7-14-3-4-15-10/h1-2,6,10H,3-5,7-8,12H2/t10-/m0/s1. The molecule has 2 rings (SSSR count). The zero-order valence-corrected chi connectivity index (χ0v) is 9.09.